The molecule has 0 atom stereocenters. The second kappa shape index (κ2) is 6.29. The lowest BCUT2D eigenvalue weighted by molar-refractivity contribution is 0.321. The van der Waals surface area contributed by atoms with Crippen LogP contribution in [-0.2, 0) is 6.54 Å². The quantitative estimate of drug-likeness (QED) is 0.718. The van der Waals surface area contributed by atoms with Gasteiger partial charge in [-0.15, -0.1) is 11.3 Å². The van der Waals surface area contributed by atoms with Gasteiger partial charge in [-0.1, -0.05) is 0 Å². The normalized spacial score (nSPS) is 10.7. The van der Waals surface area contributed by atoms with E-state index in [1.54, 1.807) is 33.6 Å². The van der Waals surface area contributed by atoms with E-state index in [1.165, 1.54) is 16.0 Å². The summed E-state index contributed by atoms with van der Waals surface area (Å²) >= 11 is 1.50. The van der Waals surface area contributed by atoms with Gasteiger partial charge in [-0.3, -0.25) is 4.79 Å². The minimum atomic E-state index is -0.124. The Kier molecular flexibility index (Phi) is 4.20. The Morgan fingerprint density at radius 3 is 2.57 bits per heavy atom. The number of methoxy groups -OCH3 is 3. The Labute approximate surface area is 136 Å². The first kappa shape index (κ1) is 15.4. The molecule has 0 unspecified atom stereocenters. The second-order valence-corrected chi connectivity index (χ2v) is 5.75. The van der Waals surface area contributed by atoms with Crippen molar-refractivity contribution in [2.75, 3.05) is 21.3 Å². The number of nitrogens with zero attached hydrogens (tertiary/aromatic N) is 2. The zero-order valence-electron chi connectivity index (χ0n) is 13.0. The molecule has 0 radical (unpaired) electrons. The third-order valence-corrected chi connectivity index (χ3v) is 4.43. The molecule has 120 valence electrons. The maximum atomic E-state index is 12.5. The Morgan fingerprint density at radius 2 is 1.87 bits per heavy atom. The van der Waals surface area contributed by atoms with Gasteiger partial charge in [0, 0.05) is 5.56 Å². The van der Waals surface area contributed by atoms with Crippen LogP contribution in [0.4, 0.5) is 0 Å². The Hall–Kier alpha value is -2.54. The standard InChI is InChI=1S/C16H16N2O4S/c1-20-12-5-4-10(14(21-2)15(12)22-3)9-18-16(19)11-6-7-23-13(11)8-17-18/h4-8H,9H2,1-3H3. The predicted octanol–water partition coefficient (Wildman–Crippen LogP) is 2.53. The highest BCUT2D eigenvalue weighted by Crippen LogP contribution is 2.39. The molecule has 1 aromatic carbocycles. The number of fused-ring (bicyclic) bond motifs is 1. The van der Waals surface area contributed by atoms with Gasteiger partial charge < -0.3 is 14.2 Å². The zero-order valence-corrected chi connectivity index (χ0v) is 13.8. The van der Waals surface area contributed by atoms with E-state index in [2.05, 4.69) is 5.10 Å². The Bertz CT molecular complexity index is 901. The van der Waals surface area contributed by atoms with Crippen molar-refractivity contribution < 1.29 is 14.2 Å². The van der Waals surface area contributed by atoms with Crippen LogP contribution in [0.5, 0.6) is 17.2 Å². The fourth-order valence-electron chi connectivity index (χ4n) is 2.47. The number of hydrogen-bond acceptors (Lipinski definition) is 6. The largest absolute Gasteiger partial charge is 0.493 e. The lowest BCUT2D eigenvalue weighted by atomic mass is 10.1. The number of rotatable bonds is 5. The molecule has 0 saturated carbocycles. The third-order valence-electron chi connectivity index (χ3n) is 3.58. The topological polar surface area (TPSA) is 62.6 Å². The van der Waals surface area contributed by atoms with Crippen LogP contribution < -0.4 is 19.8 Å². The highest BCUT2D eigenvalue weighted by Gasteiger charge is 2.17. The number of ether oxygens (including phenoxy) is 3. The van der Waals surface area contributed by atoms with Crippen molar-refractivity contribution in [1.82, 2.24) is 9.78 Å². The number of benzene rings is 1. The molecule has 0 fully saturated rings. The van der Waals surface area contributed by atoms with Crippen molar-refractivity contribution in [2.24, 2.45) is 0 Å². The summed E-state index contributed by atoms with van der Waals surface area (Å²) in [5.41, 5.74) is 0.662. The summed E-state index contributed by atoms with van der Waals surface area (Å²) in [7, 11) is 4.67. The van der Waals surface area contributed by atoms with Crippen molar-refractivity contribution in [3.8, 4) is 17.2 Å². The molecule has 0 aliphatic rings. The molecule has 7 heteroatoms. The number of aromatic nitrogens is 2. The third kappa shape index (κ3) is 2.63. The zero-order chi connectivity index (χ0) is 16.4. The van der Waals surface area contributed by atoms with Crippen molar-refractivity contribution in [3.05, 3.63) is 45.7 Å². The van der Waals surface area contributed by atoms with E-state index in [-0.39, 0.29) is 12.1 Å². The molecule has 0 aliphatic carbocycles. The van der Waals surface area contributed by atoms with E-state index in [9.17, 15) is 4.79 Å². The van der Waals surface area contributed by atoms with Gasteiger partial charge >= 0.3 is 0 Å². The van der Waals surface area contributed by atoms with E-state index >= 15 is 0 Å². The molecule has 0 saturated heterocycles. The summed E-state index contributed by atoms with van der Waals surface area (Å²) in [6.07, 6.45) is 1.70. The summed E-state index contributed by atoms with van der Waals surface area (Å²) < 4.78 is 18.4. The smallest absolute Gasteiger partial charge is 0.275 e. The summed E-state index contributed by atoms with van der Waals surface area (Å²) in [5, 5.41) is 6.79. The van der Waals surface area contributed by atoms with Crippen LogP contribution in [0.15, 0.2) is 34.6 Å². The highest BCUT2D eigenvalue weighted by molar-refractivity contribution is 7.17. The van der Waals surface area contributed by atoms with Crippen LogP contribution in [0.2, 0.25) is 0 Å². The molecule has 3 aromatic rings. The molecular formula is C16H16N2O4S. The van der Waals surface area contributed by atoms with E-state index in [1.807, 2.05) is 17.5 Å². The molecule has 2 aromatic heterocycles. The molecule has 0 spiro atoms. The van der Waals surface area contributed by atoms with Crippen LogP contribution in [0.3, 0.4) is 0 Å². The van der Waals surface area contributed by atoms with Crippen LogP contribution in [0, 0.1) is 0 Å². The van der Waals surface area contributed by atoms with E-state index in [0.29, 0.717) is 22.6 Å². The first-order valence-electron chi connectivity index (χ1n) is 6.90. The van der Waals surface area contributed by atoms with E-state index in [0.717, 1.165) is 10.3 Å². The Morgan fingerprint density at radius 1 is 1.09 bits per heavy atom. The average molecular weight is 332 g/mol. The van der Waals surface area contributed by atoms with E-state index < -0.39 is 0 Å². The molecule has 0 bridgehead atoms. The Balaban J connectivity index is 2.08. The molecule has 0 aliphatic heterocycles. The number of hydrogen-bond donors (Lipinski definition) is 0. The molecule has 2 heterocycles. The predicted molar refractivity (Wildman–Crippen MR) is 89.1 cm³/mol. The van der Waals surface area contributed by atoms with Crippen LogP contribution in [0.25, 0.3) is 10.1 Å². The molecular weight excluding hydrogens is 316 g/mol. The summed E-state index contributed by atoms with van der Waals surface area (Å²) in [6.45, 7) is 0.286. The van der Waals surface area contributed by atoms with Gasteiger partial charge in [0.25, 0.3) is 5.56 Å². The van der Waals surface area contributed by atoms with Gasteiger partial charge in [-0.2, -0.15) is 5.10 Å². The van der Waals surface area contributed by atoms with Crippen molar-refractivity contribution >= 4 is 21.4 Å². The lowest BCUT2D eigenvalue weighted by Gasteiger charge is -2.16. The lowest BCUT2D eigenvalue weighted by Crippen LogP contribution is -2.23. The average Bonchev–Trinajstić information content (AvgIpc) is 3.06. The maximum absolute atomic E-state index is 12.5. The second-order valence-electron chi connectivity index (χ2n) is 4.80. The van der Waals surface area contributed by atoms with Crippen LogP contribution in [-0.4, -0.2) is 31.1 Å². The molecule has 0 N–H and O–H groups in total. The van der Waals surface area contributed by atoms with Crippen LogP contribution in [0.1, 0.15) is 5.56 Å². The fraction of sp³-hybridized carbons (Fsp3) is 0.250. The van der Waals surface area contributed by atoms with Gasteiger partial charge in [-0.05, 0) is 23.6 Å². The van der Waals surface area contributed by atoms with E-state index in [4.69, 9.17) is 14.2 Å². The highest BCUT2D eigenvalue weighted by atomic mass is 32.1. The van der Waals surface area contributed by atoms with Gasteiger partial charge in [-0.25, -0.2) is 4.68 Å². The summed E-state index contributed by atoms with van der Waals surface area (Å²) in [4.78, 5) is 12.5. The van der Waals surface area contributed by atoms with Crippen molar-refractivity contribution in [1.29, 1.82) is 0 Å². The first-order valence-corrected chi connectivity index (χ1v) is 7.78. The van der Waals surface area contributed by atoms with Gasteiger partial charge in [0.1, 0.15) is 0 Å². The van der Waals surface area contributed by atoms with Gasteiger partial charge in [0.05, 0.1) is 44.2 Å². The first-order chi connectivity index (χ1) is 11.2. The number of thiophene rings is 1. The minimum Gasteiger partial charge on any atom is -0.493 e. The minimum absolute atomic E-state index is 0.124. The fourth-order valence-corrected chi connectivity index (χ4v) is 3.21. The van der Waals surface area contributed by atoms with Crippen molar-refractivity contribution in [2.45, 2.75) is 6.54 Å². The van der Waals surface area contributed by atoms with Crippen molar-refractivity contribution in [3.63, 3.8) is 0 Å². The van der Waals surface area contributed by atoms with Gasteiger partial charge in [0.15, 0.2) is 11.5 Å². The monoisotopic (exact) mass is 332 g/mol. The summed E-state index contributed by atoms with van der Waals surface area (Å²) in [5.74, 6) is 1.60. The molecule has 3 rings (SSSR count). The SMILES string of the molecule is COc1ccc(Cn2ncc3sccc3c2=O)c(OC)c1OC. The molecule has 23 heavy (non-hydrogen) atoms. The van der Waals surface area contributed by atoms with Gasteiger partial charge in [0.2, 0.25) is 5.75 Å². The molecule has 0 amide bonds. The maximum Gasteiger partial charge on any atom is 0.275 e. The summed E-state index contributed by atoms with van der Waals surface area (Å²) in [6, 6.07) is 5.43. The molecule has 6 nitrogen and oxygen atoms in total. The van der Waals surface area contributed by atoms with Crippen LogP contribution >= 0.6 is 11.3 Å².